The Balaban J connectivity index is 0.927. The Kier molecular flexibility index (Phi) is 17.1. The van der Waals surface area contributed by atoms with Gasteiger partial charge < -0.3 is 28.1 Å². The summed E-state index contributed by atoms with van der Waals surface area (Å²) in [5.74, 6) is -1.48. The number of fused-ring (bicyclic) bond motifs is 6. The average molecular weight is 1300 g/mol. The van der Waals surface area contributed by atoms with Crippen LogP contribution in [0.3, 0.4) is 0 Å². The zero-order valence-electron chi connectivity index (χ0n) is 53.4. The molecule has 478 valence electrons. The van der Waals surface area contributed by atoms with Gasteiger partial charge in [0.1, 0.15) is 26.4 Å². The monoisotopic (exact) mass is 1300 g/mol. The smallest absolute Gasteiger partial charge is 0.338 e. The van der Waals surface area contributed by atoms with Crippen molar-refractivity contribution in [1.29, 1.82) is 5.26 Å². The predicted octanol–water partition coefficient (Wildman–Crippen LogP) is 18.6. The van der Waals surface area contributed by atoms with E-state index < -0.39 is 23.9 Å². The van der Waals surface area contributed by atoms with Crippen LogP contribution in [0.15, 0.2) is 285 Å². The maximum atomic E-state index is 14.1. The summed E-state index contributed by atoms with van der Waals surface area (Å²) < 4.78 is 27.6. The van der Waals surface area contributed by atoms with Crippen molar-refractivity contribution in [3.63, 3.8) is 0 Å². The van der Waals surface area contributed by atoms with E-state index in [0.717, 1.165) is 33.4 Å². The molecule has 0 unspecified atom stereocenters. The highest BCUT2D eigenvalue weighted by Crippen LogP contribution is 2.42. The zero-order chi connectivity index (χ0) is 68.1. The first-order valence-corrected chi connectivity index (χ1v) is 32.1. The molecule has 0 N–H and O–H groups in total. The van der Waals surface area contributed by atoms with Crippen LogP contribution in [0, 0.1) is 17.9 Å². The average Bonchev–Trinajstić information content (AvgIpc) is 1.56. The summed E-state index contributed by atoms with van der Waals surface area (Å²) in [6.07, 6.45) is 0. The Morgan fingerprint density at radius 2 is 0.720 bits per heavy atom. The minimum atomic E-state index is -0.549. The van der Waals surface area contributed by atoms with Crippen molar-refractivity contribution in [2.75, 3.05) is 0 Å². The van der Waals surface area contributed by atoms with Gasteiger partial charge in [-0.3, -0.25) is 0 Å². The number of hydrogen-bond acceptors (Lipinski definition) is 12. The van der Waals surface area contributed by atoms with E-state index in [1.54, 1.807) is 66.7 Å². The van der Waals surface area contributed by atoms with Crippen LogP contribution in [0.25, 0.3) is 105 Å². The molecule has 0 atom stereocenters. The van der Waals surface area contributed by atoms with Gasteiger partial charge in [0.2, 0.25) is 0 Å². The molecule has 0 aliphatic heterocycles. The van der Waals surface area contributed by atoms with Crippen molar-refractivity contribution in [2.45, 2.75) is 26.4 Å². The molecule has 0 bridgehead atoms. The predicted molar refractivity (Wildman–Crippen MR) is 383 cm³/mol. The number of aromatic nitrogens is 5. The number of ether oxygens (including phenoxy) is 4. The molecular weight excluding hydrogens is 1250 g/mol. The molecule has 0 saturated carbocycles. The van der Waals surface area contributed by atoms with E-state index in [2.05, 4.69) is 10.9 Å². The molecule has 0 spiro atoms. The summed E-state index contributed by atoms with van der Waals surface area (Å²) in [5, 5.41) is 13.2. The van der Waals surface area contributed by atoms with Crippen LogP contribution in [-0.2, 0) is 45.4 Å². The highest BCUT2D eigenvalue weighted by atomic mass is 16.5. The second-order valence-corrected chi connectivity index (χ2v) is 23.8. The van der Waals surface area contributed by atoms with Crippen LogP contribution in [0.1, 0.15) is 69.2 Å². The molecule has 0 aliphatic carbocycles. The fourth-order valence-electron chi connectivity index (χ4n) is 12.5. The van der Waals surface area contributed by atoms with Gasteiger partial charge in [-0.25, -0.2) is 39.0 Å². The number of nitriles is 1. The number of carbonyl (C=O) groups is 4. The molecule has 0 aliphatic rings. The number of rotatable bonds is 18. The summed E-state index contributed by atoms with van der Waals surface area (Å²) in [4.78, 5) is 76.1. The van der Waals surface area contributed by atoms with Gasteiger partial charge in [0.15, 0.2) is 23.2 Å². The highest BCUT2D eigenvalue weighted by Gasteiger charge is 2.26. The lowest BCUT2D eigenvalue weighted by molar-refractivity contribution is 0.0464. The van der Waals surface area contributed by atoms with Gasteiger partial charge in [0, 0.05) is 38.2 Å². The SMILES string of the molecule is [C-]#[N+]c1cccc(-c2ccc(-c3nc(-c4ccccc4)nc(-c4cc(C#N)ccc4-n4c5ccc(C(=O)OCc6ccccc6)cc5c5cc(C(=O)OCc6ccccc6)ccc54)n3)c(-n3c4ccc(C(=O)OCc5ccccc5)cc4c4cc(C(=O)OCc5ccccc5)ccc43)c2)c1. The Hall–Kier alpha value is -13.9. The van der Waals surface area contributed by atoms with Crippen molar-refractivity contribution < 1.29 is 38.1 Å². The maximum Gasteiger partial charge on any atom is 0.338 e. The standard InChI is InChI=1S/C85H55N7O8/c1-87-66-29-17-28-60(43-66)61-31-36-67(78(48-61)92-75-40-34-64(84(95)99-52-56-22-11-4-12-23-56)46-70(75)71-47-65(35-41-76(71)92)85(96)100-53-57-24-13-5-14-25-57)80-88-79(59-26-15-6-16-27-59)89-81(90-80)72-42-58(49-86)30-37-77(72)91-73-38-32-62(82(93)97-50-54-18-7-2-8-19-54)44-68(73)69-45-63(33-39-74(69)91)83(94)98-51-55-20-9-3-10-21-55/h2-48H,50-53H2. The van der Waals surface area contributed by atoms with Gasteiger partial charge in [0.05, 0.1) is 73.9 Å². The summed E-state index contributed by atoms with van der Waals surface area (Å²) in [7, 11) is 0. The van der Waals surface area contributed by atoms with E-state index in [-0.39, 0.29) is 60.3 Å². The molecule has 0 saturated heterocycles. The Bertz CT molecular complexity index is 5560. The van der Waals surface area contributed by atoms with Crippen LogP contribution < -0.4 is 0 Å². The first kappa shape index (κ1) is 62.2. The molecule has 0 amide bonds. The summed E-state index contributed by atoms with van der Waals surface area (Å²) in [5.41, 5.74) is 11.9. The maximum absolute atomic E-state index is 14.1. The number of nitrogens with zero attached hydrogens (tertiary/aromatic N) is 7. The number of carbonyl (C=O) groups excluding carboxylic acids is 4. The molecule has 15 nitrogen and oxygen atoms in total. The van der Waals surface area contributed by atoms with E-state index in [1.165, 1.54) is 0 Å². The van der Waals surface area contributed by atoms with Gasteiger partial charge in [-0.1, -0.05) is 176 Å². The second kappa shape index (κ2) is 27.4. The third-order valence-corrected chi connectivity index (χ3v) is 17.4. The Morgan fingerprint density at radius 3 is 1.13 bits per heavy atom. The van der Waals surface area contributed by atoms with Crippen LogP contribution in [0.4, 0.5) is 5.69 Å². The third kappa shape index (κ3) is 12.7. The fourth-order valence-corrected chi connectivity index (χ4v) is 12.5. The molecule has 15 rings (SSSR count). The molecular formula is C85H55N7O8. The van der Waals surface area contributed by atoms with Crippen molar-refractivity contribution in [3.8, 4) is 62.7 Å². The van der Waals surface area contributed by atoms with E-state index in [4.69, 9.17) is 40.5 Å². The highest BCUT2D eigenvalue weighted by molar-refractivity contribution is 6.15. The number of esters is 4. The topological polar surface area (TPSA) is 182 Å². The fraction of sp³-hybridized carbons (Fsp3) is 0.0471. The van der Waals surface area contributed by atoms with Crippen LogP contribution in [0.5, 0.6) is 0 Å². The van der Waals surface area contributed by atoms with Crippen LogP contribution in [-0.4, -0.2) is 48.0 Å². The van der Waals surface area contributed by atoms with Crippen molar-refractivity contribution in [2.24, 2.45) is 0 Å². The molecule has 3 aromatic heterocycles. The number of benzene rings is 12. The van der Waals surface area contributed by atoms with Gasteiger partial charge in [-0.05, 0) is 143 Å². The second-order valence-electron chi connectivity index (χ2n) is 23.8. The largest absolute Gasteiger partial charge is 0.457 e. The summed E-state index contributed by atoms with van der Waals surface area (Å²) in [6.45, 7) is 8.17. The number of hydrogen-bond donors (Lipinski definition) is 0. The normalized spacial score (nSPS) is 11.1. The summed E-state index contributed by atoms with van der Waals surface area (Å²) >= 11 is 0. The van der Waals surface area contributed by atoms with E-state index in [1.807, 2.05) is 228 Å². The first-order chi connectivity index (χ1) is 49.1. The van der Waals surface area contributed by atoms with Gasteiger partial charge >= 0.3 is 23.9 Å². The first-order valence-electron chi connectivity index (χ1n) is 32.1. The molecule has 100 heavy (non-hydrogen) atoms. The zero-order valence-corrected chi connectivity index (χ0v) is 53.4. The third-order valence-electron chi connectivity index (χ3n) is 17.4. The lowest BCUT2D eigenvalue weighted by Crippen LogP contribution is -2.07. The lowest BCUT2D eigenvalue weighted by atomic mass is 10.0. The van der Waals surface area contributed by atoms with Gasteiger partial charge in [0.25, 0.3) is 0 Å². The molecule has 15 aromatic rings. The van der Waals surface area contributed by atoms with E-state index >= 15 is 0 Å². The van der Waals surface area contributed by atoms with Crippen molar-refractivity contribution >= 4 is 73.2 Å². The Morgan fingerprint density at radius 1 is 0.350 bits per heavy atom. The molecule has 0 fully saturated rings. The molecule has 15 heteroatoms. The molecule has 3 heterocycles. The van der Waals surface area contributed by atoms with E-state index in [0.29, 0.717) is 88.8 Å². The van der Waals surface area contributed by atoms with E-state index in [9.17, 15) is 24.4 Å². The van der Waals surface area contributed by atoms with Gasteiger partial charge in [-0.2, -0.15) is 5.26 Å². The minimum absolute atomic E-state index is 0.0467. The van der Waals surface area contributed by atoms with Gasteiger partial charge in [-0.15, -0.1) is 0 Å². The quantitative estimate of drug-likeness (QED) is 0.0451. The lowest BCUT2D eigenvalue weighted by Gasteiger charge is -2.18. The van der Waals surface area contributed by atoms with Crippen LogP contribution in [0.2, 0.25) is 0 Å². The Labute approximate surface area is 573 Å². The molecule has 0 radical (unpaired) electrons. The van der Waals surface area contributed by atoms with Crippen molar-refractivity contribution in [1.82, 2.24) is 24.1 Å². The molecule has 12 aromatic carbocycles. The van der Waals surface area contributed by atoms with Crippen LogP contribution >= 0.6 is 0 Å². The summed E-state index contributed by atoms with van der Waals surface area (Å²) in [6, 6.07) is 89.3. The van der Waals surface area contributed by atoms with Crippen molar-refractivity contribution in [3.05, 3.63) is 347 Å². The minimum Gasteiger partial charge on any atom is -0.457 e.